The second kappa shape index (κ2) is 3.91. The molecule has 4 nitrogen and oxygen atoms in total. The summed E-state index contributed by atoms with van der Waals surface area (Å²) in [5, 5.41) is 0. The maximum atomic E-state index is 10.8. The molecule has 0 saturated carbocycles. The lowest BCUT2D eigenvalue weighted by atomic mass is 10.1. The Morgan fingerprint density at radius 1 is 1.46 bits per heavy atom. The first-order chi connectivity index (χ1) is 6.15. The molecule has 0 atom stereocenters. The molecule has 13 heavy (non-hydrogen) atoms. The van der Waals surface area contributed by atoms with E-state index in [0.29, 0.717) is 5.56 Å². The Morgan fingerprint density at radius 3 is 2.69 bits per heavy atom. The van der Waals surface area contributed by atoms with Crippen molar-refractivity contribution in [2.24, 2.45) is 5.73 Å². The second-order valence-electron chi connectivity index (χ2n) is 2.77. The van der Waals surface area contributed by atoms with Gasteiger partial charge in [0.25, 0.3) is 0 Å². The van der Waals surface area contributed by atoms with Gasteiger partial charge in [0.05, 0.1) is 5.69 Å². The predicted octanol–water partition coefficient (Wildman–Crippen LogP) is 0.640. The van der Waals surface area contributed by atoms with Crippen molar-refractivity contribution < 1.29 is 4.79 Å². The number of nitrogens with one attached hydrogen (secondary N) is 2. The lowest BCUT2D eigenvalue weighted by molar-refractivity contribution is 0.100. The summed E-state index contributed by atoms with van der Waals surface area (Å²) in [5.74, 6) is -0.417. The van der Waals surface area contributed by atoms with E-state index < -0.39 is 5.91 Å². The van der Waals surface area contributed by atoms with E-state index in [9.17, 15) is 4.79 Å². The van der Waals surface area contributed by atoms with Gasteiger partial charge in [0, 0.05) is 12.6 Å². The molecule has 0 spiro atoms. The largest absolute Gasteiger partial charge is 0.366 e. The highest BCUT2D eigenvalue weighted by Gasteiger charge is 2.03. The molecule has 4 heteroatoms. The fourth-order valence-corrected chi connectivity index (χ4v) is 1.04. The second-order valence-corrected chi connectivity index (χ2v) is 2.77. The number of amides is 1. The maximum Gasteiger partial charge on any atom is 0.248 e. The Hall–Kier alpha value is -1.55. The van der Waals surface area contributed by atoms with Crippen LogP contribution in [0.4, 0.5) is 5.69 Å². The van der Waals surface area contributed by atoms with Crippen LogP contribution in [-0.2, 0) is 0 Å². The minimum atomic E-state index is -0.417. The first kappa shape index (κ1) is 9.54. The van der Waals surface area contributed by atoms with Gasteiger partial charge in [-0.1, -0.05) is 6.07 Å². The summed E-state index contributed by atoms with van der Waals surface area (Å²) in [6.07, 6.45) is 0. The number of hydrogen-bond donors (Lipinski definition) is 3. The van der Waals surface area contributed by atoms with E-state index in [-0.39, 0.29) is 0 Å². The zero-order valence-electron chi connectivity index (χ0n) is 7.72. The lowest BCUT2D eigenvalue weighted by Gasteiger charge is -2.08. The van der Waals surface area contributed by atoms with Crippen molar-refractivity contribution in [1.29, 1.82) is 0 Å². The molecule has 4 N–H and O–H groups in total. The summed E-state index contributed by atoms with van der Waals surface area (Å²) in [6, 6.07) is 5.27. The van der Waals surface area contributed by atoms with Crippen LogP contribution in [0.15, 0.2) is 18.2 Å². The Labute approximate surface area is 77.1 Å². The Morgan fingerprint density at radius 2 is 2.15 bits per heavy atom. The maximum absolute atomic E-state index is 10.8. The number of aryl methyl sites for hydroxylation is 1. The monoisotopic (exact) mass is 179 g/mol. The summed E-state index contributed by atoms with van der Waals surface area (Å²) >= 11 is 0. The number of hydrogen-bond acceptors (Lipinski definition) is 3. The molecule has 0 saturated heterocycles. The number of benzene rings is 1. The molecule has 0 aliphatic carbocycles. The summed E-state index contributed by atoms with van der Waals surface area (Å²) in [4.78, 5) is 10.8. The van der Waals surface area contributed by atoms with Gasteiger partial charge in [0.1, 0.15) is 0 Å². The van der Waals surface area contributed by atoms with E-state index in [2.05, 4.69) is 10.9 Å². The van der Waals surface area contributed by atoms with Crippen LogP contribution in [0.2, 0.25) is 0 Å². The standard InChI is InChI=1S/C9H13N3O/c1-6-3-4-7(9(10)13)5-8(6)12-11-2/h3-5,11-12H,1-2H3,(H2,10,13). The zero-order valence-corrected chi connectivity index (χ0v) is 7.72. The molecular formula is C9H13N3O. The Bertz CT molecular complexity index is 323. The van der Waals surface area contributed by atoms with E-state index in [1.807, 2.05) is 13.0 Å². The summed E-state index contributed by atoms with van der Waals surface area (Å²) in [5.41, 5.74) is 13.3. The van der Waals surface area contributed by atoms with Crippen molar-refractivity contribution in [3.05, 3.63) is 29.3 Å². The van der Waals surface area contributed by atoms with Crippen molar-refractivity contribution in [3.63, 3.8) is 0 Å². The van der Waals surface area contributed by atoms with Gasteiger partial charge >= 0.3 is 0 Å². The van der Waals surface area contributed by atoms with E-state index >= 15 is 0 Å². The minimum absolute atomic E-state index is 0.417. The molecule has 0 heterocycles. The van der Waals surface area contributed by atoms with Crippen LogP contribution < -0.4 is 16.6 Å². The normalized spacial score (nSPS) is 9.69. The van der Waals surface area contributed by atoms with Gasteiger partial charge in [-0.25, -0.2) is 5.43 Å². The van der Waals surface area contributed by atoms with Gasteiger partial charge in [-0.2, -0.15) is 0 Å². The molecule has 0 aromatic heterocycles. The smallest absolute Gasteiger partial charge is 0.248 e. The number of carbonyl (C=O) groups excluding carboxylic acids is 1. The topological polar surface area (TPSA) is 67.2 Å². The summed E-state index contributed by atoms with van der Waals surface area (Å²) < 4.78 is 0. The van der Waals surface area contributed by atoms with Crippen LogP contribution in [0.25, 0.3) is 0 Å². The van der Waals surface area contributed by atoms with Crippen LogP contribution >= 0.6 is 0 Å². The molecule has 0 bridgehead atoms. The van der Waals surface area contributed by atoms with E-state index in [4.69, 9.17) is 5.73 Å². The van der Waals surface area contributed by atoms with E-state index in [1.165, 1.54) is 0 Å². The van der Waals surface area contributed by atoms with Crippen LogP contribution in [-0.4, -0.2) is 13.0 Å². The predicted molar refractivity (Wildman–Crippen MR) is 52.4 cm³/mol. The molecule has 0 unspecified atom stereocenters. The third-order valence-corrected chi connectivity index (χ3v) is 1.78. The van der Waals surface area contributed by atoms with Gasteiger partial charge in [-0.05, 0) is 24.6 Å². The molecule has 70 valence electrons. The van der Waals surface area contributed by atoms with Gasteiger partial charge < -0.3 is 11.2 Å². The molecule has 1 amide bonds. The van der Waals surface area contributed by atoms with Crippen LogP contribution in [0, 0.1) is 6.92 Å². The number of carbonyl (C=O) groups is 1. The summed E-state index contributed by atoms with van der Waals surface area (Å²) in [6.45, 7) is 1.95. The fourth-order valence-electron chi connectivity index (χ4n) is 1.04. The van der Waals surface area contributed by atoms with Crippen molar-refractivity contribution in [1.82, 2.24) is 5.43 Å². The molecule has 0 aliphatic rings. The highest BCUT2D eigenvalue weighted by Crippen LogP contribution is 2.15. The lowest BCUT2D eigenvalue weighted by Crippen LogP contribution is -2.17. The first-order valence-corrected chi connectivity index (χ1v) is 3.98. The van der Waals surface area contributed by atoms with E-state index in [0.717, 1.165) is 11.3 Å². The summed E-state index contributed by atoms with van der Waals surface area (Å²) in [7, 11) is 1.76. The number of primary amides is 1. The number of nitrogens with two attached hydrogens (primary N) is 1. The van der Waals surface area contributed by atoms with Gasteiger partial charge in [-0.15, -0.1) is 0 Å². The third kappa shape index (κ3) is 2.19. The molecule has 0 radical (unpaired) electrons. The van der Waals surface area contributed by atoms with Gasteiger partial charge in [-0.3, -0.25) is 4.79 Å². The third-order valence-electron chi connectivity index (χ3n) is 1.78. The van der Waals surface area contributed by atoms with Crippen LogP contribution in [0.1, 0.15) is 15.9 Å². The molecule has 1 aromatic rings. The van der Waals surface area contributed by atoms with Crippen LogP contribution in [0.3, 0.4) is 0 Å². The SMILES string of the molecule is CNNc1cc(C(N)=O)ccc1C. The average molecular weight is 179 g/mol. The molecule has 1 aromatic carbocycles. The molecule has 1 rings (SSSR count). The fraction of sp³-hybridized carbons (Fsp3) is 0.222. The van der Waals surface area contributed by atoms with Crippen molar-refractivity contribution >= 4 is 11.6 Å². The highest BCUT2D eigenvalue weighted by atomic mass is 16.1. The zero-order chi connectivity index (χ0) is 9.84. The number of rotatable bonds is 3. The van der Waals surface area contributed by atoms with Crippen molar-refractivity contribution in [2.45, 2.75) is 6.92 Å². The van der Waals surface area contributed by atoms with Gasteiger partial charge in [0.2, 0.25) is 5.91 Å². The van der Waals surface area contributed by atoms with Crippen LogP contribution in [0.5, 0.6) is 0 Å². The Balaban J connectivity index is 3.03. The first-order valence-electron chi connectivity index (χ1n) is 3.98. The quantitative estimate of drug-likeness (QED) is 0.596. The molecule has 0 aliphatic heterocycles. The number of hydrazine groups is 1. The van der Waals surface area contributed by atoms with Crippen molar-refractivity contribution in [3.8, 4) is 0 Å². The van der Waals surface area contributed by atoms with E-state index in [1.54, 1.807) is 19.2 Å². The van der Waals surface area contributed by atoms with Gasteiger partial charge in [0.15, 0.2) is 0 Å². The molecular weight excluding hydrogens is 166 g/mol. The Kier molecular flexibility index (Phi) is 2.87. The minimum Gasteiger partial charge on any atom is -0.366 e. The highest BCUT2D eigenvalue weighted by molar-refractivity contribution is 5.93. The van der Waals surface area contributed by atoms with Crippen molar-refractivity contribution in [2.75, 3.05) is 12.5 Å². The average Bonchev–Trinajstić information content (AvgIpc) is 2.08. The number of anilines is 1. The molecule has 0 fully saturated rings.